The largest absolute Gasteiger partial charge is 0.497 e. The molecule has 2 rings (SSSR count). The molecule has 25 heavy (non-hydrogen) atoms. The molecule has 2 aromatic rings. The molecule has 0 aliphatic rings. The normalized spacial score (nSPS) is 12.2. The second kappa shape index (κ2) is 9.58. The van der Waals surface area contributed by atoms with Crippen LogP contribution in [0.15, 0.2) is 18.2 Å². The third kappa shape index (κ3) is 5.31. The smallest absolute Gasteiger partial charge is 0.236 e. The third-order valence-electron chi connectivity index (χ3n) is 4.08. The molecule has 0 aliphatic carbocycles. The van der Waals surface area contributed by atoms with Crippen LogP contribution in [0.25, 0.3) is 10.9 Å². The number of rotatable bonds is 10. The Morgan fingerprint density at radius 2 is 2.12 bits per heavy atom. The van der Waals surface area contributed by atoms with Crippen LogP contribution in [0.5, 0.6) is 11.5 Å². The number of H-pyrrole nitrogens is 1. The first-order chi connectivity index (χ1) is 12.1. The molecule has 7 heteroatoms. The Hall–Kier alpha value is -1.86. The Bertz CT molecular complexity index is 702. The van der Waals surface area contributed by atoms with E-state index in [4.69, 9.17) is 15.2 Å². The zero-order valence-electron chi connectivity index (χ0n) is 15.1. The summed E-state index contributed by atoms with van der Waals surface area (Å²) in [4.78, 5) is 15.3. The fraction of sp³-hybridized carbons (Fsp3) is 0.500. The lowest BCUT2D eigenvalue weighted by Crippen LogP contribution is -2.41. The number of carbonyl (C=O) groups excluding carboxylic acids is 1. The number of nitrogens with two attached hydrogens (primary N) is 1. The highest BCUT2D eigenvalue weighted by atomic mass is 32.2. The van der Waals surface area contributed by atoms with E-state index in [2.05, 4.69) is 16.4 Å². The quantitative estimate of drug-likeness (QED) is 0.562. The van der Waals surface area contributed by atoms with Crippen LogP contribution in [-0.4, -0.2) is 49.7 Å². The summed E-state index contributed by atoms with van der Waals surface area (Å²) >= 11 is 1.70. The van der Waals surface area contributed by atoms with E-state index in [1.165, 1.54) is 0 Å². The maximum atomic E-state index is 11.9. The Labute approximate surface area is 152 Å². The number of nitrogens with one attached hydrogen (secondary N) is 2. The summed E-state index contributed by atoms with van der Waals surface area (Å²) in [7, 11) is 3.29. The molecule has 1 heterocycles. The molecule has 0 saturated heterocycles. The number of carbonyl (C=O) groups is 1. The number of methoxy groups -OCH3 is 2. The van der Waals surface area contributed by atoms with E-state index in [1.807, 2.05) is 18.4 Å². The number of aryl methyl sites for hydroxylation is 1. The van der Waals surface area contributed by atoms with Crippen LogP contribution >= 0.6 is 11.8 Å². The first-order valence-corrected chi connectivity index (χ1v) is 9.74. The van der Waals surface area contributed by atoms with Gasteiger partial charge >= 0.3 is 0 Å². The molecule has 1 atom stereocenters. The van der Waals surface area contributed by atoms with Gasteiger partial charge in [0, 0.05) is 29.8 Å². The van der Waals surface area contributed by atoms with E-state index < -0.39 is 6.04 Å². The predicted octanol–water partition coefficient (Wildman–Crippen LogP) is 2.31. The van der Waals surface area contributed by atoms with E-state index in [1.54, 1.807) is 26.0 Å². The summed E-state index contributed by atoms with van der Waals surface area (Å²) in [6.07, 6.45) is 4.39. The number of amides is 1. The van der Waals surface area contributed by atoms with E-state index in [0.29, 0.717) is 13.0 Å². The second-order valence-electron chi connectivity index (χ2n) is 5.87. The van der Waals surface area contributed by atoms with Crippen LogP contribution < -0.4 is 20.5 Å². The zero-order chi connectivity index (χ0) is 18.2. The highest BCUT2D eigenvalue weighted by Gasteiger charge is 2.12. The summed E-state index contributed by atoms with van der Waals surface area (Å²) in [5.74, 6) is 2.36. The van der Waals surface area contributed by atoms with Gasteiger partial charge in [-0.05, 0) is 37.3 Å². The minimum atomic E-state index is -0.419. The lowest BCUT2D eigenvalue weighted by molar-refractivity contribution is -0.122. The van der Waals surface area contributed by atoms with Crippen LogP contribution in [-0.2, 0) is 11.2 Å². The molecule has 0 spiro atoms. The van der Waals surface area contributed by atoms with Gasteiger partial charge in [-0.1, -0.05) is 0 Å². The number of aromatic amines is 1. The SMILES string of the molecule is COc1cc(OC)c2cc(CCCNC(=O)[C@@H](N)CCSC)[nH]c2c1. The van der Waals surface area contributed by atoms with Gasteiger partial charge in [0.2, 0.25) is 5.91 Å². The van der Waals surface area contributed by atoms with Gasteiger partial charge in [0.25, 0.3) is 0 Å². The molecule has 0 fully saturated rings. The summed E-state index contributed by atoms with van der Waals surface area (Å²) in [5.41, 5.74) is 7.93. The minimum Gasteiger partial charge on any atom is -0.497 e. The fourth-order valence-corrected chi connectivity index (χ4v) is 3.15. The first kappa shape index (κ1) is 19.5. The number of hydrogen-bond acceptors (Lipinski definition) is 5. The van der Waals surface area contributed by atoms with Gasteiger partial charge in [-0.2, -0.15) is 11.8 Å². The summed E-state index contributed by atoms with van der Waals surface area (Å²) in [6.45, 7) is 0.613. The highest BCUT2D eigenvalue weighted by Crippen LogP contribution is 2.31. The number of benzene rings is 1. The molecule has 0 unspecified atom stereocenters. The van der Waals surface area contributed by atoms with E-state index >= 15 is 0 Å². The van der Waals surface area contributed by atoms with Crippen molar-refractivity contribution < 1.29 is 14.3 Å². The van der Waals surface area contributed by atoms with Gasteiger partial charge in [0.1, 0.15) is 11.5 Å². The molecule has 0 radical (unpaired) electrons. The van der Waals surface area contributed by atoms with E-state index in [9.17, 15) is 4.79 Å². The molecule has 138 valence electrons. The molecule has 4 N–H and O–H groups in total. The lowest BCUT2D eigenvalue weighted by atomic mass is 10.2. The van der Waals surface area contributed by atoms with Crippen molar-refractivity contribution in [2.24, 2.45) is 5.73 Å². The fourth-order valence-electron chi connectivity index (χ4n) is 2.66. The zero-order valence-corrected chi connectivity index (χ0v) is 15.9. The summed E-state index contributed by atoms with van der Waals surface area (Å²) < 4.78 is 10.7. The first-order valence-electron chi connectivity index (χ1n) is 8.35. The average molecular weight is 365 g/mol. The van der Waals surface area contributed by atoms with Crippen molar-refractivity contribution in [2.45, 2.75) is 25.3 Å². The van der Waals surface area contributed by atoms with E-state index in [0.717, 1.165) is 46.7 Å². The van der Waals surface area contributed by atoms with Gasteiger partial charge in [-0.3, -0.25) is 4.79 Å². The molecular formula is C18H27N3O3S. The van der Waals surface area contributed by atoms with Crippen LogP contribution in [0.1, 0.15) is 18.5 Å². The maximum absolute atomic E-state index is 11.9. The topological polar surface area (TPSA) is 89.4 Å². The van der Waals surface area contributed by atoms with Gasteiger partial charge < -0.3 is 25.5 Å². The highest BCUT2D eigenvalue weighted by molar-refractivity contribution is 7.98. The van der Waals surface area contributed by atoms with E-state index in [-0.39, 0.29) is 5.91 Å². The lowest BCUT2D eigenvalue weighted by Gasteiger charge is -2.11. The van der Waals surface area contributed by atoms with Crippen molar-refractivity contribution >= 4 is 28.6 Å². The summed E-state index contributed by atoms with van der Waals surface area (Å²) in [5, 5.41) is 3.93. The number of fused-ring (bicyclic) bond motifs is 1. The van der Waals surface area contributed by atoms with Crippen molar-refractivity contribution in [3.8, 4) is 11.5 Å². The van der Waals surface area contributed by atoms with Crippen molar-refractivity contribution in [3.05, 3.63) is 23.9 Å². The monoisotopic (exact) mass is 365 g/mol. The standard InChI is InChI=1S/C18H27N3O3S/c1-23-13-10-16-14(17(11-13)24-2)9-12(21-16)5-4-7-20-18(22)15(19)6-8-25-3/h9-11,15,21H,4-8,19H2,1-3H3,(H,20,22)/t15-/m0/s1. The Morgan fingerprint density at radius 3 is 2.80 bits per heavy atom. The van der Waals surface area contributed by atoms with Gasteiger partial charge in [-0.15, -0.1) is 0 Å². The molecular weight excluding hydrogens is 338 g/mol. The Balaban J connectivity index is 1.88. The van der Waals surface area contributed by atoms with Crippen molar-refractivity contribution in [1.82, 2.24) is 10.3 Å². The Kier molecular flexibility index (Phi) is 7.46. The molecule has 0 bridgehead atoms. The second-order valence-corrected chi connectivity index (χ2v) is 6.85. The van der Waals surface area contributed by atoms with Gasteiger partial charge in [-0.25, -0.2) is 0 Å². The van der Waals surface area contributed by atoms with Crippen LogP contribution in [0, 0.1) is 0 Å². The van der Waals surface area contributed by atoms with Crippen LogP contribution in [0.2, 0.25) is 0 Å². The minimum absolute atomic E-state index is 0.0721. The van der Waals surface area contributed by atoms with Crippen molar-refractivity contribution in [2.75, 3.05) is 32.8 Å². The number of hydrogen-bond donors (Lipinski definition) is 3. The number of aromatic nitrogens is 1. The Morgan fingerprint density at radius 1 is 1.32 bits per heavy atom. The molecule has 1 amide bonds. The van der Waals surface area contributed by atoms with Gasteiger partial charge in [0.15, 0.2) is 0 Å². The molecule has 0 saturated carbocycles. The maximum Gasteiger partial charge on any atom is 0.236 e. The number of ether oxygens (including phenoxy) is 2. The van der Waals surface area contributed by atoms with Crippen LogP contribution in [0.3, 0.4) is 0 Å². The van der Waals surface area contributed by atoms with Gasteiger partial charge in [0.05, 0.1) is 25.8 Å². The van der Waals surface area contributed by atoms with Crippen molar-refractivity contribution in [3.63, 3.8) is 0 Å². The van der Waals surface area contributed by atoms with Crippen molar-refractivity contribution in [1.29, 1.82) is 0 Å². The molecule has 6 nitrogen and oxygen atoms in total. The average Bonchev–Trinajstić information content (AvgIpc) is 3.04. The van der Waals surface area contributed by atoms with Crippen LogP contribution in [0.4, 0.5) is 0 Å². The third-order valence-corrected chi connectivity index (χ3v) is 4.72. The molecule has 0 aliphatic heterocycles. The number of thioether (sulfide) groups is 1. The molecule has 1 aromatic heterocycles. The predicted molar refractivity (Wildman–Crippen MR) is 104 cm³/mol. The summed E-state index contributed by atoms with van der Waals surface area (Å²) in [6, 6.07) is 5.49. The molecule has 1 aromatic carbocycles.